The van der Waals surface area contributed by atoms with Crippen LogP contribution in [0.4, 0.5) is 0 Å². The predicted octanol–water partition coefficient (Wildman–Crippen LogP) is 1.96. The molecule has 0 amide bonds. The van der Waals surface area contributed by atoms with E-state index in [2.05, 4.69) is 4.98 Å². The summed E-state index contributed by atoms with van der Waals surface area (Å²) < 4.78 is 5.49. The van der Waals surface area contributed by atoms with E-state index in [1.807, 2.05) is 37.3 Å². The Morgan fingerprint density at radius 1 is 1.40 bits per heavy atom. The zero-order valence-electron chi connectivity index (χ0n) is 8.68. The number of benzene rings is 1. The zero-order chi connectivity index (χ0) is 10.7. The molecule has 1 aromatic heterocycles. The third kappa shape index (κ3) is 2.44. The lowest BCUT2D eigenvalue weighted by Crippen LogP contribution is -2.23. The molecule has 3 nitrogen and oxygen atoms in total. The second-order valence-electron chi connectivity index (χ2n) is 3.65. The third-order valence-electron chi connectivity index (χ3n) is 2.08. The Labute approximate surface area is 88.9 Å². The summed E-state index contributed by atoms with van der Waals surface area (Å²) in [6.07, 6.45) is 1.73. The summed E-state index contributed by atoms with van der Waals surface area (Å²) >= 11 is 0. The number of para-hydroxylation sites is 1. The lowest BCUT2D eigenvalue weighted by atomic mass is 10.2. The first kappa shape index (κ1) is 9.93. The van der Waals surface area contributed by atoms with E-state index in [-0.39, 0.29) is 6.04 Å². The number of hydrogen-bond acceptors (Lipinski definition) is 3. The van der Waals surface area contributed by atoms with Crippen LogP contribution in [0.3, 0.4) is 0 Å². The molecule has 1 aromatic carbocycles. The Hall–Kier alpha value is -1.61. The molecule has 0 saturated carbocycles. The molecule has 78 valence electrons. The summed E-state index contributed by atoms with van der Waals surface area (Å²) in [6.45, 7) is 2.43. The van der Waals surface area contributed by atoms with Crippen LogP contribution in [0.1, 0.15) is 6.92 Å². The van der Waals surface area contributed by atoms with Crippen molar-refractivity contribution in [3.63, 3.8) is 0 Å². The molecule has 0 aliphatic rings. The molecule has 0 aliphatic carbocycles. The molecular formula is C12H14N2O. The van der Waals surface area contributed by atoms with E-state index >= 15 is 0 Å². The highest BCUT2D eigenvalue weighted by molar-refractivity contribution is 5.79. The van der Waals surface area contributed by atoms with Gasteiger partial charge in [-0.1, -0.05) is 18.2 Å². The molecule has 0 spiro atoms. The van der Waals surface area contributed by atoms with Gasteiger partial charge in [0.05, 0.1) is 11.7 Å². The van der Waals surface area contributed by atoms with Crippen LogP contribution in [-0.4, -0.2) is 17.6 Å². The second-order valence-corrected chi connectivity index (χ2v) is 3.65. The van der Waals surface area contributed by atoms with E-state index in [0.29, 0.717) is 6.61 Å². The molecule has 2 aromatic rings. The van der Waals surface area contributed by atoms with Crippen LogP contribution in [0.5, 0.6) is 5.75 Å². The SMILES string of the molecule is CC(N)COc1cnc2ccccc2c1. The smallest absolute Gasteiger partial charge is 0.138 e. The van der Waals surface area contributed by atoms with Gasteiger partial charge >= 0.3 is 0 Å². The molecule has 1 unspecified atom stereocenters. The van der Waals surface area contributed by atoms with E-state index < -0.39 is 0 Å². The van der Waals surface area contributed by atoms with E-state index in [4.69, 9.17) is 10.5 Å². The monoisotopic (exact) mass is 202 g/mol. The molecule has 1 atom stereocenters. The van der Waals surface area contributed by atoms with Crippen LogP contribution in [0.25, 0.3) is 10.9 Å². The Bertz CT molecular complexity index is 454. The molecule has 15 heavy (non-hydrogen) atoms. The first-order valence-electron chi connectivity index (χ1n) is 4.99. The van der Waals surface area contributed by atoms with E-state index in [0.717, 1.165) is 16.7 Å². The Morgan fingerprint density at radius 2 is 2.20 bits per heavy atom. The highest BCUT2D eigenvalue weighted by Crippen LogP contribution is 2.17. The van der Waals surface area contributed by atoms with Crippen molar-refractivity contribution in [2.45, 2.75) is 13.0 Å². The van der Waals surface area contributed by atoms with Crippen LogP contribution in [-0.2, 0) is 0 Å². The quantitative estimate of drug-likeness (QED) is 0.827. The van der Waals surface area contributed by atoms with Gasteiger partial charge < -0.3 is 10.5 Å². The molecule has 3 heteroatoms. The molecule has 2 N–H and O–H groups in total. The van der Waals surface area contributed by atoms with Gasteiger partial charge in [-0.3, -0.25) is 4.98 Å². The molecule has 0 aliphatic heterocycles. The average molecular weight is 202 g/mol. The van der Waals surface area contributed by atoms with E-state index in [1.165, 1.54) is 0 Å². The Balaban J connectivity index is 2.23. The Kier molecular flexibility index (Phi) is 2.83. The summed E-state index contributed by atoms with van der Waals surface area (Å²) in [5, 5.41) is 1.08. The highest BCUT2D eigenvalue weighted by atomic mass is 16.5. The van der Waals surface area contributed by atoms with Gasteiger partial charge in [0.15, 0.2) is 0 Å². The van der Waals surface area contributed by atoms with Crippen LogP contribution in [0.15, 0.2) is 36.5 Å². The first-order valence-corrected chi connectivity index (χ1v) is 4.99. The number of rotatable bonds is 3. The van der Waals surface area contributed by atoms with Gasteiger partial charge in [-0.05, 0) is 19.1 Å². The van der Waals surface area contributed by atoms with Crippen molar-refractivity contribution in [1.29, 1.82) is 0 Å². The molecule has 0 bridgehead atoms. The maximum atomic E-state index is 5.61. The zero-order valence-corrected chi connectivity index (χ0v) is 8.68. The number of nitrogens with zero attached hydrogens (tertiary/aromatic N) is 1. The van der Waals surface area contributed by atoms with Gasteiger partial charge in [-0.25, -0.2) is 0 Å². The summed E-state index contributed by atoms with van der Waals surface area (Å²) in [7, 11) is 0. The van der Waals surface area contributed by atoms with Crippen LogP contribution in [0.2, 0.25) is 0 Å². The second kappa shape index (κ2) is 4.28. The third-order valence-corrected chi connectivity index (χ3v) is 2.08. The summed E-state index contributed by atoms with van der Waals surface area (Å²) in [5.74, 6) is 0.769. The average Bonchev–Trinajstić information content (AvgIpc) is 2.26. The van der Waals surface area contributed by atoms with Gasteiger partial charge in [0.25, 0.3) is 0 Å². The molecule has 0 fully saturated rings. The number of nitrogens with two attached hydrogens (primary N) is 1. The van der Waals surface area contributed by atoms with Crippen molar-refractivity contribution in [2.24, 2.45) is 5.73 Å². The minimum Gasteiger partial charge on any atom is -0.490 e. The van der Waals surface area contributed by atoms with Crippen LogP contribution in [0, 0.1) is 0 Å². The van der Waals surface area contributed by atoms with Gasteiger partial charge in [-0.15, -0.1) is 0 Å². The normalized spacial score (nSPS) is 12.7. The topological polar surface area (TPSA) is 48.1 Å². The summed E-state index contributed by atoms with van der Waals surface area (Å²) in [6, 6.07) is 9.96. The van der Waals surface area contributed by atoms with Crippen molar-refractivity contribution < 1.29 is 4.74 Å². The number of aromatic nitrogens is 1. The number of fused-ring (bicyclic) bond motifs is 1. The molecule has 2 rings (SSSR count). The number of ether oxygens (including phenoxy) is 1. The fourth-order valence-corrected chi connectivity index (χ4v) is 1.36. The van der Waals surface area contributed by atoms with Gasteiger partial charge in [0.2, 0.25) is 0 Å². The number of pyridine rings is 1. The van der Waals surface area contributed by atoms with Crippen LogP contribution >= 0.6 is 0 Å². The van der Waals surface area contributed by atoms with Crippen molar-refractivity contribution in [3.05, 3.63) is 36.5 Å². The highest BCUT2D eigenvalue weighted by Gasteiger charge is 1.99. The van der Waals surface area contributed by atoms with Crippen molar-refractivity contribution >= 4 is 10.9 Å². The molecule has 1 heterocycles. The lowest BCUT2D eigenvalue weighted by molar-refractivity contribution is 0.295. The predicted molar refractivity (Wildman–Crippen MR) is 60.9 cm³/mol. The first-order chi connectivity index (χ1) is 7.25. The van der Waals surface area contributed by atoms with Crippen LogP contribution < -0.4 is 10.5 Å². The minimum absolute atomic E-state index is 0.0384. The van der Waals surface area contributed by atoms with Crippen molar-refractivity contribution in [1.82, 2.24) is 4.98 Å². The molecular weight excluding hydrogens is 188 g/mol. The standard InChI is InChI=1S/C12H14N2O/c1-9(13)8-15-11-6-10-4-2-3-5-12(10)14-7-11/h2-7,9H,8,13H2,1H3. The largest absolute Gasteiger partial charge is 0.490 e. The van der Waals surface area contributed by atoms with E-state index in [9.17, 15) is 0 Å². The van der Waals surface area contributed by atoms with E-state index in [1.54, 1.807) is 6.20 Å². The molecule has 0 saturated heterocycles. The Morgan fingerprint density at radius 3 is 3.00 bits per heavy atom. The van der Waals surface area contributed by atoms with Crippen molar-refractivity contribution in [2.75, 3.05) is 6.61 Å². The maximum Gasteiger partial charge on any atom is 0.138 e. The molecule has 0 radical (unpaired) electrons. The minimum atomic E-state index is 0.0384. The van der Waals surface area contributed by atoms with Gasteiger partial charge in [-0.2, -0.15) is 0 Å². The fraction of sp³-hybridized carbons (Fsp3) is 0.250. The summed E-state index contributed by atoms with van der Waals surface area (Å²) in [4.78, 5) is 4.29. The van der Waals surface area contributed by atoms with Gasteiger partial charge in [0, 0.05) is 11.4 Å². The van der Waals surface area contributed by atoms with Crippen molar-refractivity contribution in [3.8, 4) is 5.75 Å². The van der Waals surface area contributed by atoms with Gasteiger partial charge in [0.1, 0.15) is 12.4 Å². The fourth-order valence-electron chi connectivity index (χ4n) is 1.36. The lowest BCUT2D eigenvalue weighted by Gasteiger charge is -2.08. The maximum absolute atomic E-state index is 5.61. The summed E-state index contributed by atoms with van der Waals surface area (Å²) in [5.41, 5.74) is 6.58. The number of hydrogen-bond donors (Lipinski definition) is 1.